The molecule has 0 radical (unpaired) electrons. The lowest BCUT2D eigenvalue weighted by molar-refractivity contribution is 0.100. The van der Waals surface area contributed by atoms with E-state index in [1.165, 1.54) is 6.20 Å². The molecule has 1 heterocycles. The van der Waals surface area contributed by atoms with Crippen LogP contribution in [0.4, 0.5) is 0 Å². The molecular formula is C16H17N5O. The number of amides is 1. The van der Waals surface area contributed by atoms with E-state index in [0.717, 1.165) is 16.6 Å². The summed E-state index contributed by atoms with van der Waals surface area (Å²) in [6, 6.07) is 7.53. The van der Waals surface area contributed by atoms with Crippen LogP contribution in [0, 0.1) is 0 Å². The largest absolute Gasteiger partial charge is 0.370 e. The summed E-state index contributed by atoms with van der Waals surface area (Å²) >= 11 is 0. The third kappa shape index (κ3) is 3.12. The van der Waals surface area contributed by atoms with E-state index in [0.29, 0.717) is 5.56 Å². The molecule has 0 unspecified atom stereocenters. The van der Waals surface area contributed by atoms with Gasteiger partial charge in [0.2, 0.25) is 0 Å². The minimum absolute atomic E-state index is 0.257. The van der Waals surface area contributed by atoms with Gasteiger partial charge < -0.3 is 16.0 Å². The number of aromatic nitrogens is 1. The first-order valence-corrected chi connectivity index (χ1v) is 6.60. The van der Waals surface area contributed by atoms with Crippen LogP contribution in [0.1, 0.15) is 17.3 Å². The van der Waals surface area contributed by atoms with E-state index in [2.05, 4.69) is 16.6 Å². The Morgan fingerprint density at radius 2 is 2.05 bits per heavy atom. The molecule has 0 aliphatic heterocycles. The average Bonchev–Trinajstić information content (AvgIpc) is 2.86. The van der Waals surface area contributed by atoms with E-state index in [4.69, 9.17) is 11.5 Å². The molecule has 6 nitrogen and oxygen atoms in total. The number of benzene rings is 1. The number of carbonyl (C=O) groups is 1. The number of rotatable bonds is 4. The van der Waals surface area contributed by atoms with Crippen molar-refractivity contribution in [3.8, 4) is 0 Å². The molecule has 0 spiro atoms. The SMILES string of the molecule is C=CN=C/C=C(\C)n1cc(C(=O)N=C(N)N)c2ccccc21. The monoisotopic (exact) mass is 295 g/mol. The Hall–Kier alpha value is -3.15. The van der Waals surface area contributed by atoms with Gasteiger partial charge in [0.25, 0.3) is 5.91 Å². The Bertz CT molecular complexity index is 807. The van der Waals surface area contributed by atoms with Gasteiger partial charge in [-0.05, 0) is 19.1 Å². The van der Waals surface area contributed by atoms with Gasteiger partial charge >= 0.3 is 0 Å². The van der Waals surface area contributed by atoms with Gasteiger partial charge in [0.1, 0.15) is 0 Å². The van der Waals surface area contributed by atoms with Crippen molar-refractivity contribution in [1.82, 2.24) is 4.57 Å². The van der Waals surface area contributed by atoms with Gasteiger partial charge in [-0.25, -0.2) is 0 Å². The second-order valence-electron chi connectivity index (χ2n) is 4.56. The van der Waals surface area contributed by atoms with E-state index in [1.807, 2.05) is 41.8 Å². The fourth-order valence-corrected chi connectivity index (χ4v) is 2.11. The Kier molecular flexibility index (Phi) is 4.53. The zero-order valence-electron chi connectivity index (χ0n) is 12.2. The quantitative estimate of drug-likeness (QED) is 0.667. The van der Waals surface area contributed by atoms with Crippen LogP contribution in [0.2, 0.25) is 0 Å². The Labute approximate surface area is 128 Å². The van der Waals surface area contributed by atoms with Crippen molar-refractivity contribution in [2.75, 3.05) is 0 Å². The molecule has 22 heavy (non-hydrogen) atoms. The summed E-state index contributed by atoms with van der Waals surface area (Å²) < 4.78 is 1.89. The van der Waals surface area contributed by atoms with E-state index in [1.54, 1.807) is 12.4 Å². The zero-order chi connectivity index (χ0) is 16.1. The summed E-state index contributed by atoms with van der Waals surface area (Å²) in [5, 5.41) is 0.783. The molecule has 0 saturated carbocycles. The highest BCUT2D eigenvalue weighted by atomic mass is 16.1. The third-order valence-corrected chi connectivity index (χ3v) is 3.06. The van der Waals surface area contributed by atoms with Gasteiger partial charge in [0.15, 0.2) is 5.96 Å². The lowest BCUT2D eigenvalue weighted by Gasteiger charge is -2.03. The van der Waals surface area contributed by atoms with Gasteiger partial charge in [0.05, 0.1) is 11.1 Å². The van der Waals surface area contributed by atoms with Gasteiger partial charge in [-0.1, -0.05) is 24.8 Å². The van der Waals surface area contributed by atoms with E-state index < -0.39 is 5.91 Å². The number of allylic oxidation sites excluding steroid dienone is 2. The summed E-state index contributed by atoms with van der Waals surface area (Å²) in [5.41, 5.74) is 12.8. The second kappa shape index (κ2) is 6.53. The molecule has 2 rings (SSSR count). The van der Waals surface area contributed by atoms with Crippen LogP contribution in [0.3, 0.4) is 0 Å². The highest BCUT2D eigenvalue weighted by molar-refractivity contribution is 6.11. The van der Waals surface area contributed by atoms with E-state index >= 15 is 0 Å². The molecule has 2 aromatic rings. The Morgan fingerprint density at radius 3 is 2.73 bits per heavy atom. The molecule has 4 N–H and O–H groups in total. The maximum absolute atomic E-state index is 12.1. The molecule has 0 aliphatic rings. The Morgan fingerprint density at radius 1 is 1.32 bits per heavy atom. The molecule has 0 fully saturated rings. The summed E-state index contributed by atoms with van der Waals surface area (Å²) in [7, 11) is 0. The van der Waals surface area contributed by atoms with Gasteiger partial charge in [-0.3, -0.25) is 9.79 Å². The first-order valence-electron chi connectivity index (χ1n) is 6.60. The smallest absolute Gasteiger partial charge is 0.282 e. The number of guanidine groups is 1. The molecule has 0 atom stereocenters. The van der Waals surface area contributed by atoms with Gasteiger partial charge in [-0.15, -0.1) is 0 Å². The lowest BCUT2D eigenvalue weighted by atomic mass is 10.2. The number of fused-ring (bicyclic) bond motifs is 1. The number of nitrogens with two attached hydrogens (primary N) is 2. The standard InChI is InChI=1S/C16H17N5O/c1-3-19-9-8-11(2)21-10-13(15(22)20-16(17)18)12-6-4-5-7-14(12)21/h3-10H,1H2,2H3,(H4,17,18,20,22)/b11-8+,19-9?. The minimum Gasteiger partial charge on any atom is -0.370 e. The van der Waals surface area contributed by atoms with Crippen LogP contribution < -0.4 is 11.5 Å². The molecule has 112 valence electrons. The minimum atomic E-state index is -0.470. The number of carbonyl (C=O) groups excluding carboxylic acids is 1. The predicted molar refractivity (Wildman–Crippen MR) is 90.7 cm³/mol. The molecule has 1 aromatic heterocycles. The number of hydrogen-bond acceptors (Lipinski definition) is 2. The molecule has 1 aromatic carbocycles. The van der Waals surface area contributed by atoms with Crippen molar-refractivity contribution >= 4 is 34.7 Å². The molecule has 0 aliphatic carbocycles. The van der Waals surface area contributed by atoms with Crippen LogP contribution in [-0.4, -0.2) is 22.6 Å². The van der Waals surface area contributed by atoms with Crippen molar-refractivity contribution in [1.29, 1.82) is 0 Å². The zero-order valence-corrected chi connectivity index (χ0v) is 12.2. The van der Waals surface area contributed by atoms with Crippen LogP contribution in [0.25, 0.3) is 16.6 Å². The first kappa shape index (κ1) is 15.2. The molecule has 0 saturated heterocycles. The third-order valence-electron chi connectivity index (χ3n) is 3.06. The highest BCUT2D eigenvalue weighted by Gasteiger charge is 2.15. The summed E-state index contributed by atoms with van der Waals surface area (Å²) in [5.74, 6) is -0.727. The predicted octanol–water partition coefficient (Wildman–Crippen LogP) is 2.13. The van der Waals surface area contributed by atoms with Crippen molar-refractivity contribution < 1.29 is 4.79 Å². The van der Waals surface area contributed by atoms with Crippen molar-refractivity contribution in [2.45, 2.75) is 6.92 Å². The van der Waals surface area contributed by atoms with Gasteiger partial charge in [0, 0.05) is 29.7 Å². The number of hydrogen-bond donors (Lipinski definition) is 2. The van der Waals surface area contributed by atoms with Crippen LogP contribution in [-0.2, 0) is 0 Å². The molecule has 6 heteroatoms. The maximum atomic E-state index is 12.1. The second-order valence-corrected chi connectivity index (χ2v) is 4.56. The van der Waals surface area contributed by atoms with Crippen LogP contribution in [0.5, 0.6) is 0 Å². The Balaban J connectivity index is 2.60. The lowest BCUT2D eigenvalue weighted by Crippen LogP contribution is -2.24. The molecular weight excluding hydrogens is 278 g/mol. The van der Waals surface area contributed by atoms with Crippen molar-refractivity contribution in [3.05, 3.63) is 54.9 Å². The highest BCUT2D eigenvalue weighted by Crippen LogP contribution is 2.24. The van der Waals surface area contributed by atoms with Crippen molar-refractivity contribution in [3.63, 3.8) is 0 Å². The fraction of sp³-hybridized carbons (Fsp3) is 0.0625. The molecule has 0 bridgehead atoms. The van der Waals surface area contributed by atoms with Gasteiger partial charge in [-0.2, -0.15) is 4.99 Å². The van der Waals surface area contributed by atoms with Crippen LogP contribution >= 0.6 is 0 Å². The molecule has 1 amide bonds. The summed E-state index contributed by atoms with van der Waals surface area (Å²) in [6.07, 6.45) is 6.62. The average molecular weight is 295 g/mol. The first-order chi connectivity index (χ1) is 10.5. The number of para-hydroxylation sites is 1. The summed E-state index contributed by atoms with van der Waals surface area (Å²) in [4.78, 5) is 19.7. The topological polar surface area (TPSA) is 98.8 Å². The number of nitrogens with zero attached hydrogens (tertiary/aromatic N) is 3. The van der Waals surface area contributed by atoms with Crippen LogP contribution in [0.15, 0.2) is 59.3 Å². The van der Waals surface area contributed by atoms with Crippen molar-refractivity contribution in [2.24, 2.45) is 21.5 Å². The number of aliphatic imine (C=N–C) groups is 2. The summed E-state index contributed by atoms with van der Waals surface area (Å²) in [6.45, 7) is 5.43. The normalized spacial score (nSPS) is 11.8. The van der Waals surface area contributed by atoms with E-state index in [-0.39, 0.29) is 5.96 Å². The maximum Gasteiger partial charge on any atom is 0.282 e. The van der Waals surface area contributed by atoms with E-state index in [9.17, 15) is 4.79 Å². The fourth-order valence-electron chi connectivity index (χ4n) is 2.11.